The van der Waals surface area contributed by atoms with E-state index >= 15 is 0 Å². The molecule has 8 nitrogen and oxygen atoms in total. The van der Waals surface area contributed by atoms with E-state index in [1.807, 2.05) is 38.1 Å². The highest BCUT2D eigenvalue weighted by molar-refractivity contribution is 6.37. The molecule has 0 radical (unpaired) electrons. The number of aromatic nitrogens is 4. The van der Waals surface area contributed by atoms with Crippen molar-refractivity contribution in [2.45, 2.75) is 114 Å². The molecule has 18 heteroatoms. The van der Waals surface area contributed by atoms with Crippen LogP contribution < -0.4 is 10.6 Å². The molecular weight excluding hydrogens is 900 g/mol. The molecule has 332 valence electrons. The number of imidazole rings is 2. The maximum atomic E-state index is 12.8. The first-order valence-corrected chi connectivity index (χ1v) is 21.6. The van der Waals surface area contributed by atoms with Gasteiger partial charge in [-0.3, -0.25) is 0 Å². The lowest BCUT2D eigenvalue weighted by Gasteiger charge is -2.34. The number of anilines is 2. The molecule has 8 rings (SSSR count). The first-order chi connectivity index (χ1) is 29.0. The van der Waals surface area contributed by atoms with Gasteiger partial charge in [-0.2, -0.15) is 26.3 Å². The Kier molecular flexibility index (Phi) is 13.3. The second-order valence-electron chi connectivity index (χ2n) is 16.8. The van der Waals surface area contributed by atoms with Gasteiger partial charge < -0.3 is 29.6 Å². The number of benzene rings is 2. The van der Waals surface area contributed by atoms with E-state index in [0.29, 0.717) is 21.2 Å². The average Bonchev–Trinajstić information content (AvgIpc) is 3.78. The fourth-order valence-electron chi connectivity index (χ4n) is 8.06. The van der Waals surface area contributed by atoms with E-state index in [-0.39, 0.29) is 44.8 Å². The maximum Gasteiger partial charge on any atom is 0.394 e. The molecule has 2 aliphatic rings. The number of halogens is 10. The topological polar surface area (TPSA) is 99.1 Å². The van der Waals surface area contributed by atoms with E-state index < -0.39 is 36.4 Å². The molecule has 0 aliphatic heterocycles. The van der Waals surface area contributed by atoms with Crippen LogP contribution in [0, 0.1) is 0 Å². The van der Waals surface area contributed by atoms with Gasteiger partial charge in [0.2, 0.25) is 0 Å². The Bertz CT molecular complexity index is 2380. The number of aliphatic hydroxyl groups is 2. The summed E-state index contributed by atoms with van der Waals surface area (Å²) >= 11 is 26.0. The third-order valence-electron chi connectivity index (χ3n) is 11.6. The molecule has 0 unspecified atom stereocenters. The number of hydrogen-bond acceptors (Lipinski definition) is 6. The quantitative estimate of drug-likeness (QED) is 0.113. The van der Waals surface area contributed by atoms with Crippen LogP contribution in [0.5, 0.6) is 0 Å². The van der Waals surface area contributed by atoms with Gasteiger partial charge in [-0.25, -0.2) is 9.97 Å². The largest absolute Gasteiger partial charge is 0.394 e. The molecule has 2 aromatic carbocycles. The fourth-order valence-corrected chi connectivity index (χ4v) is 9.15. The lowest BCUT2D eigenvalue weighted by Crippen LogP contribution is -2.35. The van der Waals surface area contributed by atoms with Gasteiger partial charge in [-0.1, -0.05) is 58.5 Å². The van der Waals surface area contributed by atoms with Crippen LogP contribution in [0.2, 0.25) is 20.1 Å². The van der Waals surface area contributed by atoms with Crippen LogP contribution >= 0.6 is 46.4 Å². The van der Waals surface area contributed by atoms with Crippen LogP contribution in [-0.2, 0) is 12.8 Å². The Morgan fingerprint density at radius 1 is 0.613 bits per heavy atom. The molecule has 0 bridgehead atoms. The number of nitrogens with one attached hydrogen (secondary N) is 2. The van der Waals surface area contributed by atoms with Gasteiger partial charge >= 0.3 is 12.4 Å². The predicted molar refractivity (Wildman–Crippen MR) is 234 cm³/mol. The highest BCUT2D eigenvalue weighted by Crippen LogP contribution is 2.39. The fraction of sp³-hybridized carbons (Fsp3) is 0.409. The molecule has 6 aromatic rings. The number of pyridine rings is 2. The number of nitrogens with zero attached hydrogens (tertiary/aromatic N) is 4. The van der Waals surface area contributed by atoms with Crippen molar-refractivity contribution < 1.29 is 36.6 Å². The Morgan fingerprint density at radius 3 is 1.29 bits per heavy atom. The first kappa shape index (κ1) is 46.1. The summed E-state index contributed by atoms with van der Waals surface area (Å²) in [6.45, 7) is 3.72. The Labute approximate surface area is 374 Å². The van der Waals surface area contributed by atoms with E-state index in [1.165, 1.54) is 21.2 Å². The molecular formula is C44H44Cl4F6N6O2. The monoisotopic (exact) mass is 942 g/mol. The summed E-state index contributed by atoms with van der Waals surface area (Å²) in [5.41, 5.74) is 3.75. The van der Waals surface area contributed by atoms with Gasteiger partial charge in [0.25, 0.3) is 0 Å². The van der Waals surface area contributed by atoms with Crippen LogP contribution in [0.3, 0.4) is 0 Å². The van der Waals surface area contributed by atoms with E-state index in [0.717, 1.165) is 73.9 Å². The van der Waals surface area contributed by atoms with Gasteiger partial charge in [0.05, 0.1) is 66.9 Å². The molecule has 0 spiro atoms. The van der Waals surface area contributed by atoms with E-state index in [2.05, 4.69) is 20.6 Å². The summed E-state index contributed by atoms with van der Waals surface area (Å²) in [6, 6.07) is 14.8. The number of alkyl halides is 6. The molecule has 4 N–H and O–H groups in total. The SMILES string of the molecule is CC1(O)CCC(Nc2ccc(-c3ccn4c(CC(F)(F)F)cnc4c3Cl)cc2Cl)CC1.CC1(O)CCC(Nc2ccc(-c3ccn4c(CC(F)(F)F)cnc4c3Cl)cc2Cl)CC1. The molecule has 0 saturated heterocycles. The minimum absolute atomic E-state index is 0.0278. The predicted octanol–water partition coefficient (Wildman–Crippen LogP) is 13.0. The van der Waals surface area contributed by atoms with Crippen molar-refractivity contribution in [2.24, 2.45) is 0 Å². The molecule has 62 heavy (non-hydrogen) atoms. The van der Waals surface area contributed by atoms with Crippen molar-refractivity contribution in [3.05, 3.63) is 105 Å². The summed E-state index contributed by atoms with van der Waals surface area (Å²) in [4.78, 5) is 8.17. The van der Waals surface area contributed by atoms with Crippen molar-refractivity contribution >= 4 is 69.1 Å². The number of hydrogen-bond donors (Lipinski definition) is 4. The van der Waals surface area contributed by atoms with Gasteiger partial charge in [0.1, 0.15) is 0 Å². The summed E-state index contributed by atoms with van der Waals surface area (Å²) in [7, 11) is 0. The zero-order chi connectivity index (χ0) is 44.8. The van der Waals surface area contributed by atoms with Gasteiger partial charge in [0, 0.05) is 48.0 Å². The van der Waals surface area contributed by atoms with Crippen LogP contribution in [0.4, 0.5) is 37.7 Å². The standard InChI is InChI=1S/2C22H22Cl2F3N3O/c2*1-21(31)7-4-14(5-8-21)29-18-3-2-13(10-17(18)23)16-6-9-30-15(11-22(25,26)27)12-28-20(30)19(16)24/h2*2-3,6,9-10,12,14,29,31H,4-5,7-8,11H2,1H3. The molecule has 4 heterocycles. The Balaban J connectivity index is 0.000000186. The molecule has 2 fully saturated rings. The average molecular weight is 945 g/mol. The Hall–Kier alpha value is -3.92. The van der Waals surface area contributed by atoms with Crippen LogP contribution in [0.25, 0.3) is 33.5 Å². The highest BCUT2D eigenvalue weighted by Gasteiger charge is 2.32. The Morgan fingerprint density at radius 2 is 0.968 bits per heavy atom. The normalized spacial score (nSPS) is 22.1. The summed E-state index contributed by atoms with van der Waals surface area (Å²) in [6.07, 6.45) is 1.01. The lowest BCUT2D eigenvalue weighted by molar-refractivity contribution is -0.128. The van der Waals surface area contributed by atoms with Crippen molar-refractivity contribution in [1.82, 2.24) is 18.8 Å². The smallest absolute Gasteiger partial charge is 0.390 e. The van der Waals surface area contributed by atoms with Crippen molar-refractivity contribution in [3.63, 3.8) is 0 Å². The lowest BCUT2D eigenvalue weighted by atomic mass is 9.83. The highest BCUT2D eigenvalue weighted by atomic mass is 35.5. The second-order valence-corrected chi connectivity index (χ2v) is 18.3. The van der Waals surface area contributed by atoms with E-state index in [1.54, 1.807) is 36.7 Å². The zero-order valence-corrected chi connectivity index (χ0v) is 36.6. The van der Waals surface area contributed by atoms with Crippen LogP contribution in [-0.4, -0.2) is 64.6 Å². The zero-order valence-electron chi connectivity index (χ0n) is 33.6. The minimum atomic E-state index is -4.33. The summed E-state index contributed by atoms with van der Waals surface area (Å²) < 4.78 is 79.3. The van der Waals surface area contributed by atoms with Gasteiger partial charge in [-0.05, 0) is 113 Å². The molecule has 4 aromatic heterocycles. The summed E-state index contributed by atoms with van der Waals surface area (Å²) in [5.74, 6) is 0. The second kappa shape index (κ2) is 17.9. The third-order valence-corrected chi connectivity index (χ3v) is 12.9. The minimum Gasteiger partial charge on any atom is -0.390 e. The first-order valence-electron chi connectivity index (χ1n) is 20.0. The summed E-state index contributed by atoms with van der Waals surface area (Å²) in [5, 5.41) is 28.7. The van der Waals surface area contributed by atoms with Gasteiger partial charge in [-0.15, -0.1) is 0 Å². The van der Waals surface area contributed by atoms with Crippen molar-refractivity contribution in [3.8, 4) is 22.3 Å². The maximum absolute atomic E-state index is 12.8. The van der Waals surface area contributed by atoms with E-state index in [4.69, 9.17) is 46.4 Å². The molecule has 0 amide bonds. The molecule has 2 aliphatic carbocycles. The van der Waals surface area contributed by atoms with E-state index in [9.17, 15) is 36.6 Å². The molecule has 2 saturated carbocycles. The number of rotatable bonds is 8. The van der Waals surface area contributed by atoms with Crippen LogP contribution in [0.1, 0.15) is 76.6 Å². The van der Waals surface area contributed by atoms with Crippen molar-refractivity contribution in [1.29, 1.82) is 0 Å². The number of fused-ring (bicyclic) bond motifs is 2. The van der Waals surface area contributed by atoms with Crippen molar-refractivity contribution in [2.75, 3.05) is 10.6 Å². The molecule has 0 atom stereocenters. The van der Waals surface area contributed by atoms with Crippen LogP contribution in [0.15, 0.2) is 73.3 Å². The van der Waals surface area contributed by atoms with Gasteiger partial charge in [0.15, 0.2) is 11.3 Å². The third kappa shape index (κ3) is 11.1.